The first kappa shape index (κ1) is 20.4. The second-order valence-electron chi connectivity index (χ2n) is 7.11. The number of benzene rings is 1. The summed E-state index contributed by atoms with van der Waals surface area (Å²) in [4.78, 5) is 42.3. The number of ether oxygens (including phenoxy) is 2. The molecule has 0 saturated heterocycles. The highest BCUT2D eigenvalue weighted by atomic mass is 16.7. The van der Waals surface area contributed by atoms with Crippen LogP contribution in [-0.2, 0) is 17.9 Å². The summed E-state index contributed by atoms with van der Waals surface area (Å²) >= 11 is 0. The van der Waals surface area contributed by atoms with E-state index in [2.05, 4.69) is 15.6 Å². The van der Waals surface area contributed by atoms with Gasteiger partial charge in [0, 0.05) is 25.0 Å². The monoisotopic (exact) mass is 422 g/mol. The van der Waals surface area contributed by atoms with Crippen molar-refractivity contribution in [1.29, 1.82) is 0 Å². The van der Waals surface area contributed by atoms with Gasteiger partial charge >= 0.3 is 0 Å². The number of nitrogens with one attached hydrogen (secondary N) is 2. The third kappa shape index (κ3) is 4.07. The fourth-order valence-electron chi connectivity index (χ4n) is 3.38. The SMILES string of the molecule is CCn1cc(C(=O)NC(C)C(=O)NCc2ccccn2)c(=O)c2cc3c(cc21)OCO3. The van der Waals surface area contributed by atoms with Gasteiger partial charge in [-0.3, -0.25) is 19.4 Å². The summed E-state index contributed by atoms with van der Waals surface area (Å²) in [5.74, 6) is 0.0304. The second-order valence-corrected chi connectivity index (χ2v) is 7.11. The van der Waals surface area contributed by atoms with Gasteiger partial charge in [0.05, 0.1) is 23.1 Å². The van der Waals surface area contributed by atoms with E-state index in [4.69, 9.17) is 9.47 Å². The van der Waals surface area contributed by atoms with E-state index in [1.54, 1.807) is 42.0 Å². The zero-order chi connectivity index (χ0) is 22.0. The molecule has 2 aromatic heterocycles. The summed E-state index contributed by atoms with van der Waals surface area (Å²) in [6.07, 6.45) is 3.14. The van der Waals surface area contributed by atoms with Crippen molar-refractivity contribution >= 4 is 22.7 Å². The van der Waals surface area contributed by atoms with E-state index in [9.17, 15) is 14.4 Å². The molecule has 1 aliphatic rings. The Hall–Kier alpha value is -3.88. The first-order valence-corrected chi connectivity index (χ1v) is 9.93. The van der Waals surface area contributed by atoms with Gasteiger partial charge in [0.1, 0.15) is 11.6 Å². The summed E-state index contributed by atoms with van der Waals surface area (Å²) < 4.78 is 12.5. The van der Waals surface area contributed by atoms with Crippen LogP contribution in [0.2, 0.25) is 0 Å². The molecule has 0 fully saturated rings. The predicted octanol–water partition coefficient (Wildman–Crippen LogP) is 1.58. The van der Waals surface area contributed by atoms with Crippen LogP contribution in [0.4, 0.5) is 0 Å². The minimum Gasteiger partial charge on any atom is -0.454 e. The van der Waals surface area contributed by atoms with Gasteiger partial charge in [0.25, 0.3) is 5.91 Å². The summed E-state index contributed by atoms with van der Waals surface area (Å²) in [5, 5.41) is 5.67. The number of amides is 2. The normalized spacial score (nSPS) is 13.1. The van der Waals surface area contributed by atoms with Crippen molar-refractivity contribution in [2.24, 2.45) is 0 Å². The van der Waals surface area contributed by atoms with Gasteiger partial charge in [-0.05, 0) is 32.0 Å². The molecular formula is C22H22N4O5. The van der Waals surface area contributed by atoms with Crippen LogP contribution in [0.3, 0.4) is 0 Å². The number of rotatable bonds is 6. The zero-order valence-electron chi connectivity index (χ0n) is 17.2. The van der Waals surface area contributed by atoms with Crippen LogP contribution in [0.5, 0.6) is 11.5 Å². The summed E-state index contributed by atoms with van der Waals surface area (Å²) in [7, 11) is 0. The molecule has 3 aromatic rings. The molecule has 1 aromatic carbocycles. The molecule has 1 aliphatic heterocycles. The number of carbonyl (C=O) groups excluding carboxylic acids is 2. The maximum absolute atomic E-state index is 13.0. The summed E-state index contributed by atoms with van der Waals surface area (Å²) in [6.45, 7) is 4.33. The Morgan fingerprint density at radius 3 is 2.71 bits per heavy atom. The molecule has 9 nitrogen and oxygen atoms in total. The van der Waals surface area contributed by atoms with E-state index in [0.717, 1.165) is 0 Å². The van der Waals surface area contributed by atoms with Crippen LogP contribution in [0, 0.1) is 0 Å². The number of nitrogens with zero attached hydrogens (tertiary/aromatic N) is 2. The standard InChI is InChI=1S/C22H22N4O5/c1-3-26-11-16(20(27)15-8-18-19(9-17(15)26)31-12-30-18)22(29)25-13(2)21(28)24-10-14-6-4-5-7-23-14/h4-9,11,13H,3,10,12H2,1-2H3,(H,24,28)(H,25,29). The van der Waals surface area contributed by atoms with E-state index >= 15 is 0 Å². The van der Waals surface area contributed by atoms with Gasteiger partial charge in [-0.25, -0.2) is 0 Å². The van der Waals surface area contributed by atoms with Crippen molar-refractivity contribution in [2.45, 2.75) is 33.0 Å². The van der Waals surface area contributed by atoms with Gasteiger partial charge < -0.3 is 24.7 Å². The van der Waals surface area contributed by atoms with Gasteiger partial charge in [0.15, 0.2) is 11.5 Å². The van der Waals surface area contributed by atoms with Crippen molar-refractivity contribution < 1.29 is 19.1 Å². The molecule has 0 saturated carbocycles. The topological polar surface area (TPSA) is 112 Å². The minimum absolute atomic E-state index is 0.0439. The van der Waals surface area contributed by atoms with E-state index in [-0.39, 0.29) is 24.8 Å². The molecule has 0 aliphatic carbocycles. The zero-order valence-corrected chi connectivity index (χ0v) is 17.2. The molecule has 160 valence electrons. The number of hydrogen-bond donors (Lipinski definition) is 2. The Bertz CT molecular complexity index is 1210. The quantitative estimate of drug-likeness (QED) is 0.624. The molecule has 1 atom stereocenters. The van der Waals surface area contributed by atoms with E-state index < -0.39 is 17.4 Å². The van der Waals surface area contributed by atoms with Crippen molar-refractivity contribution in [3.63, 3.8) is 0 Å². The van der Waals surface area contributed by atoms with Gasteiger partial charge in [-0.1, -0.05) is 6.07 Å². The number of fused-ring (bicyclic) bond motifs is 2. The average molecular weight is 422 g/mol. The number of carbonyl (C=O) groups is 2. The maximum Gasteiger partial charge on any atom is 0.257 e. The van der Waals surface area contributed by atoms with Gasteiger partial charge in [0.2, 0.25) is 18.1 Å². The Balaban J connectivity index is 1.54. The van der Waals surface area contributed by atoms with Crippen LogP contribution >= 0.6 is 0 Å². The summed E-state index contributed by atoms with van der Waals surface area (Å²) in [6, 6.07) is 7.89. The van der Waals surface area contributed by atoms with E-state index in [0.29, 0.717) is 34.6 Å². The van der Waals surface area contributed by atoms with Crippen LogP contribution in [0.1, 0.15) is 29.9 Å². The molecule has 9 heteroatoms. The molecule has 1 unspecified atom stereocenters. The summed E-state index contributed by atoms with van der Waals surface area (Å²) in [5.41, 5.74) is 0.872. The first-order chi connectivity index (χ1) is 15.0. The lowest BCUT2D eigenvalue weighted by Crippen LogP contribution is -2.45. The van der Waals surface area contributed by atoms with Crippen LogP contribution in [-0.4, -0.2) is 34.2 Å². The van der Waals surface area contributed by atoms with Crippen molar-refractivity contribution in [2.75, 3.05) is 6.79 Å². The highest BCUT2D eigenvalue weighted by Gasteiger charge is 2.23. The smallest absolute Gasteiger partial charge is 0.257 e. The molecule has 3 heterocycles. The molecule has 31 heavy (non-hydrogen) atoms. The second kappa shape index (κ2) is 8.47. The molecule has 4 rings (SSSR count). The fraction of sp³-hybridized carbons (Fsp3) is 0.273. The van der Waals surface area contributed by atoms with E-state index in [1.165, 1.54) is 6.20 Å². The van der Waals surface area contributed by atoms with Gasteiger partial charge in [-0.2, -0.15) is 0 Å². The van der Waals surface area contributed by atoms with Crippen molar-refractivity contribution in [3.05, 3.63) is 64.2 Å². The number of hydrogen-bond acceptors (Lipinski definition) is 6. The lowest BCUT2D eigenvalue weighted by atomic mass is 10.1. The molecular weight excluding hydrogens is 400 g/mol. The highest BCUT2D eigenvalue weighted by molar-refractivity contribution is 6.00. The third-order valence-corrected chi connectivity index (χ3v) is 5.07. The van der Waals surface area contributed by atoms with Crippen LogP contribution < -0.4 is 25.5 Å². The maximum atomic E-state index is 13.0. The number of aryl methyl sites for hydroxylation is 1. The van der Waals surface area contributed by atoms with Gasteiger partial charge in [-0.15, -0.1) is 0 Å². The average Bonchev–Trinajstić information content (AvgIpc) is 3.25. The Kier molecular flexibility index (Phi) is 5.57. The lowest BCUT2D eigenvalue weighted by Gasteiger charge is -2.16. The minimum atomic E-state index is -0.835. The van der Waals surface area contributed by atoms with E-state index in [1.807, 2.05) is 13.0 Å². The largest absolute Gasteiger partial charge is 0.454 e. The first-order valence-electron chi connectivity index (χ1n) is 9.93. The molecule has 2 N–H and O–H groups in total. The number of pyridine rings is 2. The lowest BCUT2D eigenvalue weighted by molar-refractivity contribution is -0.122. The van der Waals surface area contributed by atoms with Crippen molar-refractivity contribution in [1.82, 2.24) is 20.2 Å². The number of aromatic nitrogens is 2. The molecule has 0 spiro atoms. The third-order valence-electron chi connectivity index (χ3n) is 5.07. The molecule has 0 bridgehead atoms. The Morgan fingerprint density at radius 1 is 1.23 bits per heavy atom. The Labute approximate surface area is 178 Å². The predicted molar refractivity (Wildman–Crippen MR) is 113 cm³/mol. The highest BCUT2D eigenvalue weighted by Crippen LogP contribution is 2.35. The van der Waals surface area contributed by atoms with Crippen LogP contribution in [0.25, 0.3) is 10.9 Å². The van der Waals surface area contributed by atoms with Crippen molar-refractivity contribution in [3.8, 4) is 11.5 Å². The Morgan fingerprint density at radius 2 is 2.00 bits per heavy atom. The fourth-order valence-corrected chi connectivity index (χ4v) is 3.38. The van der Waals surface area contributed by atoms with Crippen LogP contribution in [0.15, 0.2) is 47.5 Å². The molecule has 2 amide bonds. The molecule has 0 radical (unpaired) electrons.